The van der Waals surface area contributed by atoms with Crippen molar-refractivity contribution in [3.8, 4) is 5.75 Å². The molecule has 0 aliphatic rings. The van der Waals surface area contributed by atoms with E-state index in [0.717, 1.165) is 11.9 Å². The predicted molar refractivity (Wildman–Crippen MR) is 127 cm³/mol. The van der Waals surface area contributed by atoms with Gasteiger partial charge in [-0.2, -0.15) is 0 Å². The third kappa shape index (κ3) is 5.23. The first-order valence-corrected chi connectivity index (χ1v) is 12.1. The Morgan fingerprint density at radius 1 is 0.613 bits per heavy atom. The number of hydrogen-bond donors (Lipinski definition) is 0. The van der Waals surface area contributed by atoms with E-state index in [4.69, 9.17) is 4.74 Å². The van der Waals surface area contributed by atoms with Gasteiger partial charge in [0, 0.05) is 6.07 Å². The lowest BCUT2D eigenvalue weighted by Gasteiger charge is -2.28. The van der Waals surface area contributed by atoms with Crippen molar-refractivity contribution in [1.29, 1.82) is 0 Å². The second-order valence-corrected chi connectivity index (χ2v) is 10.6. The van der Waals surface area contributed by atoms with Crippen molar-refractivity contribution >= 4 is 23.2 Å². The van der Waals surface area contributed by atoms with E-state index < -0.39 is 13.9 Å². The lowest BCUT2D eigenvalue weighted by atomic mass is 10.2. The Kier molecular flexibility index (Phi) is 8.40. The number of benzene rings is 4. The molecule has 0 bridgehead atoms. The summed E-state index contributed by atoms with van der Waals surface area (Å²) in [5, 5.41) is 3.88. The SMILES string of the molecule is [18F]CCOc1cccc([P+](Cc2ccccc2)(c2ccccc2)c2ccccc2)c1.[Br-]. The van der Waals surface area contributed by atoms with Crippen LogP contribution in [0.1, 0.15) is 5.56 Å². The Hall–Kier alpha value is -2.48. The molecule has 158 valence electrons. The molecule has 4 heteroatoms. The van der Waals surface area contributed by atoms with Crippen LogP contribution in [0.3, 0.4) is 0 Å². The van der Waals surface area contributed by atoms with Gasteiger partial charge < -0.3 is 21.7 Å². The van der Waals surface area contributed by atoms with Gasteiger partial charge in [-0.1, -0.05) is 72.8 Å². The average molecular weight is 494 g/mol. The van der Waals surface area contributed by atoms with Crippen LogP contribution in [0.15, 0.2) is 115 Å². The predicted octanol–water partition coefficient (Wildman–Crippen LogP) is 2.53. The monoisotopic (exact) mass is 493 g/mol. The van der Waals surface area contributed by atoms with Crippen molar-refractivity contribution in [2.24, 2.45) is 0 Å². The van der Waals surface area contributed by atoms with E-state index in [1.54, 1.807) is 0 Å². The number of rotatable bonds is 8. The van der Waals surface area contributed by atoms with Gasteiger partial charge in [-0.25, -0.2) is 4.39 Å². The summed E-state index contributed by atoms with van der Waals surface area (Å²) in [6, 6.07) is 40.4. The molecule has 0 saturated heterocycles. The number of alkyl halides is 1. The first kappa shape index (κ1) is 23.2. The smallest absolute Gasteiger partial charge is 0.123 e. The maximum absolute atomic E-state index is 12.7. The molecule has 0 spiro atoms. The van der Waals surface area contributed by atoms with E-state index in [1.807, 2.05) is 12.1 Å². The maximum atomic E-state index is 12.7. The van der Waals surface area contributed by atoms with Crippen molar-refractivity contribution in [2.45, 2.75) is 6.16 Å². The minimum absolute atomic E-state index is 0. The standard InChI is InChI=1S/C27H25FOP.BrH/c28-19-20-29-24-13-10-18-27(21-24)30(25-14-6-2-7-15-25,26-16-8-3-9-17-26)22-23-11-4-1-5-12-23;/h1-18,21H,19-20,22H2;1H/q+1;/p-1/i28-1;. The van der Waals surface area contributed by atoms with E-state index in [2.05, 4.69) is 103 Å². The Labute approximate surface area is 195 Å². The molecule has 4 aromatic carbocycles. The molecule has 0 aromatic heterocycles. The summed E-state index contributed by atoms with van der Waals surface area (Å²) < 4.78 is 18.4. The highest BCUT2D eigenvalue weighted by Crippen LogP contribution is 2.58. The van der Waals surface area contributed by atoms with Crippen LogP contribution in [0.4, 0.5) is 4.39 Å². The first-order chi connectivity index (χ1) is 14.8. The fourth-order valence-electron chi connectivity index (χ4n) is 3.91. The third-order valence-electron chi connectivity index (χ3n) is 5.26. The van der Waals surface area contributed by atoms with Gasteiger partial charge in [0.25, 0.3) is 0 Å². The van der Waals surface area contributed by atoms with Gasteiger partial charge in [0.1, 0.15) is 42.2 Å². The molecule has 1 nitrogen and oxygen atoms in total. The zero-order valence-electron chi connectivity index (χ0n) is 17.2. The highest BCUT2D eigenvalue weighted by Gasteiger charge is 2.45. The number of ether oxygens (including phenoxy) is 1. The molecule has 0 aliphatic carbocycles. The first-order valence-electron chi connectivity index (χ1n) is 10.2. The molecule has 0 aliphatic heterocycles. The van der Waals surface area contributed by atoms with Crippen LogP contribution in [0.5, 0.6) is 5.75 Å². The van der Waals surface area contributed by atoms with Gasteiger partial charge in [0.15, 0.2) is 0 Å². The van der Waals surface area contributed by atoms with E-state index in [-0.39, 0.29) is 23.6 Å². The van der Waals surface area contributed by atoms with Gasteiger partial charge >= 0.3 is 0 Å². The molecular formula is C27H25BrFOP. The fraction of sp³-hybridized carbons (Fsp3) is 0.111. The second-order valence-electron chi connectivity index (χ2n) is 7.16. The fourth-order valence-corrected chi connectivity index (χ4v) is 8.16. The Morgan fingerprint density at radius 3 is 1.68 bits per heavy atom. The Bertz CT molecular complexity index is 1020. The summed E-state index contributed by atoms with van der Waals surface area (Å²) in [6.45, 7) is -0.420. The van der Waals surface area contributed by atoms with Crippen molar-refractivity contribution in [2.75, 3.05) is 13.3 Å². The van der Waals surface area contributed by atoms with E-state index in [9.17, 15) is 4.39 Å². The summed E-state index contributed by atoms with van der Waals surface area (Å²) in [6.07, 6.45) is 0.911. The van der Waals surface area contributed by atoms with Crippen molar-refractivity contribution in [3.63, 3.8) is 0 Å². The third-order valence-corrected chi connectivity index (χ3v) is 9.62. The molecular weight excluding hydrogens is 469 g/mol. The molecule has 0 atom stereocenters. The number of hydrogen-bond acceptors (Lipinski definition) is 1. The molecule has 0 radical (unpaired) electrons. The van der Waals surface area contributed by atoms with Crippen molar-refractivity contribution in [3.05, 3.63) is 121 Å². The molecule has 4 aromatic rings. The minimum Gasteiger partial charge on any atom is -1.00 e. The molecule has 0 heterocycles. The van der Waals surface area contributed by atoms with Crippen LogP contribution < -0.4 is 37.6 Å². The van der Waals surface area contributed by atoms with Crippen LogP contribution in [0.25, 0.3) is 0 Å². The van der Waals surface area contributed by atoms with Crippen LogP contribution in [-0.4, -0.2) is 13.3 Å². The normalized spacial score (nSPS) is 10.9. The molecule has 0 fully saturated rings. The zero-order valence-corrected chi connectivity index (χ0v) is 19.7. The van der Waals surface area contributed by atoms with Crippen LogP contribution in [0.2, 0.25) is 0 Å². The Balaban J connectivity index is 0.00000272. The summed E-state index contributed by atoms with van der Waals surface area (Å²) in [5.74, 6) is 0.717. The highest BCUT2D eigenvalue weighted by molar-refractivity contribution is 7.95. The van der Waals surface area contributed by atoms with E-state index in [0.29, 0.717) is 0 Å². The van der Waals surface area contributed by atoms with E-state index in [1.165, 1.54) is 21.5 Å². The summed E-state index contributed by atoms with van der Waals surface area (Å²) in [5.41, 5.74) is 1.30. The summed E-state index contributed by atoms with van der Waals surface area (Å²) >= 11 is 0. The quantitative estimate of drug-likeness (QED) is 0.343. The molecule has 0 saturated carbocycles. The van der Waals surface area contributed by atoms with Gasteiger partial charge in [-0.05, 0) is 42.0 Å². The Morgan fingerprint density at radius 2 is 1.13 bits per heavy atom. The topological polar surface area (TPSA) is 9.23 Å². The molecule has 4 rings (SSSR count). The van der Waals surface area contributed by atoms with Gasteiger partial charge in [0.05, 0.1) is 6.16 Å². The lowest BCUT2D eigenvalue weighted by molar-refractivity contribution is -0.00000668. The van der Waals surface area contributed by atoms with Crippen LogP contribution in [0, 0.1) is 0 Å². The summed E-state index contributed by atoms with van der Waals surface area (Å²) in [7, 11) is -2.01. The zero-order chi connectivity index (χ0) is 20.7. The van der Waals surface area contributed by atoms with Gasteiger partial charge in [-0.15, -0.1) is 0 Å². The maximum Gasteiger partial charge on any atom is 0.123 e. The van der Waals surface area contributed by atoms with Crippen LogP contribution >= 0.6 is 7.26 Å². The molecule has 31 heavy (non-hydrogen) atoms. The molecule has 0 N–H and O–H groups in total. The van der Waals surface area contributed by atoms with Gasteiger partial charge in [-0.3, -0.25) is 0 Å². The second kappa shape index (κ2) is 11.2. The average Bonchev–Trinajstić information content (AvgIpc) is 2.83. The summed E-state index contributed by atoms with van der Waals surface area (Å²) in [4.78, 5) is 0. The minimum atomic E-state index is -2.01. The van der Waals surface area contributed by atoms with Crippen molar-refractivity contribution in [1.82, 2.24) is 0 Å². The number of halogens is 2. The molecule has 0 unspecified atom stereocenters. The van der Waals surface area contributed by atoms with E-state index >= 15 is 0 Å². The molecule has 0 amide bonds. The lowest BCUT2D eigenvalue weighted by Crippen LogP contribution is -3.00. The van der Waals surface area contributed by atoms with Crippen LogP contribution in [-0.2, 0) is 6.16 Å². The van der Waals surface area contributed by atoms with Crippen molar-refractivity contribution < 1.29 is 26.1 Å². The highest BCUT2D eigenvalue weighted by atomic mass is 79.9. The van der Waals surface area contributed by atoms with Gasteiger partial charge in [0.2, 0.25) is 0 Å². The largest absolute Gasteiger partial charge is 1.00 e.